The standard InChI is InChI=1S/C28H33FN8O2/c1-28(2,3)39-27(38)37-17-6-7-18(37)11-19(10-17)36(5)24-9-8-23(32-33-24)20-12-22(29)25(16-13-31-35(4)15-16)21-14-30-34-26(20)21/h8-9,12-15,17-19H,6-7,10-11H2,1-5H3,(H,30,34). The van der Waals surface area contributed by atoms with Crippen molar-refractivity contribution < 1.29 is 13.9 Å². The van der Waals surface area contributed by atoms with E-state index < -0.39 is 5.60 Å². The molecule has 6 rings (SSSR count). The minimum absolute atomic E-state index is 0.160. The summed E-state index contributed by atoms with van der Waals surface area (Å²) in [5.41, 5.74) is 2.47. The van der Waals surface area contributed by atoms with Crippen LogP contribution in [0.5, 0.6) is 0 Å². The molecule has 2 fully saturated rings. The van der Waals surface area contributed by atoms with Crippen LogP contribution in [-0.4, -0.2) is 71.9 Å². The number of carbonyl (C=O) groups is 1. The second-order valence-corrected chi connectivity index (χ2v) is 11.6. The fourth-order valence-electron chi connectivity index (χ4n) is 6.05. The number of amides is 1. The van der Waals surface area contributed by atoms with Gasteiger partial charge in [-0.05, 0) is 64.7 Å². The summed E-state index contributed by atoms with van der Waals surface area (Å²) in [5.74, 6) is 0.365. The van der Waals surface area contributed by atoms with Gasteiger partial charge in [-0.25, -0.2) is 9.18 Å². The molecule has 4 aromatic rings. The van der Waals surface area contributed by atoms with Crippen molar-refractivity contribution in [2.45, 2.75) is 70.2 Å². The minimum atomic E-state index is -0.509. The lowest BCUT2D eigenvalue weighted by molar-refractivity contribution is 0.00597. The number of benzene rings is 1. The molecule has 2 aliphatic heterocycles. The number of piperidine rings is 1. The van der Waals surface area contributed by atoms with Crippen molar-refractivity contribution >= 4 is 22.8 Å². The average Bonchev–Trinajstić information content (AvgIpc) is 3.60. The summed E-state index contributed by atoms with van der Waals surface area (Å²) < 4.78 is 22.7. The van der Waals surface area contributed by atoms with Crippen molar-refractivity contribution in [2.75, 3.05) is 11.9 Å². The maximum absolute atomic E-state index is 15.4. The van der Waals surface area contributed by atoms with Crippen LogP contribution in [0.3, 0.4) is 0 Å². The molecule has 5 heterocycles. The molecule has 3 aromatic heterocycles. The van der Waals surface area contributed by atoms with Gasteiger partial charge in [-0.3, -0.25) is 9.78 Å². The molecule has 0 saturated carbocycles. The van der Waals surface area contributed by atoms with Gasteiger partial charge in [0.05, 0.1) is 23.6 Å². The van der Waals surface area contributed by atoms with Crippen LogP contribution in [0.25, 0.3) is 33.3 Å². The summed E-state index contributed by atoms with van der Waals surface area (Å²) in [5, 5.41) is 21.0. The fraction of sp³-hybridized carbons (Fsp3) is 0.464. The van der Waals surface area contributed by atoms with Gasteiger partial charge in [0, 0.05) is 60.5 Å². The summed E-state index contributed by atoms with van der Waals surface area (Å²) in [4.78, 5) is 16.9. The molecule has 204 valence electrons. The molecule has 2 unspecified atom stereocenters. The number of aromatic nitrogens is 6. The van der Waals surface area contributed by atoms with Crippen LogP contribution in [0.4, 0.5) is 15.0 Å². The topological polar surface area (TPSA) is 105 Å². The molecule has 2 bridgehead atoms. The molecular weight excluding hydrogens is 499 g/mol. The molecule has 0 aliphatic carbocycles. The Balaban J connectivity index is 1.22. The number of anilines is 1. The number of nitrogens with one attached hydrogen (secondary N) is 1. The monoisotopic (exact) mass is 532 g/mol. The Morgan fingerprint density at radius 1 is 1.15 bits per heavy atom. The number of aromatic amines is 1. The van der Waals surface area contributed by atoms with Gasteiger partial charge in [0.15, 0.2) is 5.82 Å². The molecule has 2 saturated heterocycles. The van der Waals surface area contributed by atoms with Crippen LogP contribution in [-0.2, 0) is 11.8 Å². The van der Waals surface area contributed by atoms with Gasteiger partial charge in [0.2, 0.25) is 0 Å². The summed E-state index contributed by atoms with van der Waals surface area (Å²) in [6, 6.07) is 5.81. The van der Waals surface area contributed by atoms with Crippen molar-refractivity contribution in [1.82, 2.24) is 35.1 Å². The average molecular weight is 533 g/mol. The van der Waals surface area contributed by atoms with E-state index in [0.29, 0.717) is 33.3 Å². The first-order valence-electron chi connectivity index (χ1n) is 13.3. The van der Waals surface area contributed by atoms with E-state index in [1.165, 1.54) is 6.07 Å². The van der Waals surface area contributed by atoms with Gasteiger partial charge < -0.3 is 14.5 Å². The van der Waals surface area contributed by atoms with Gasteiger partial charge in [-0.2, -0.15) is 10.2 Å². The molecule has 1 amide bonds. The molecule has 39 heavy (non-hydrogen) atoms. The fourth-order valence-corrected chi connectivity index (χ4v) is 6.05. The molecule has 10 nitrogen and oxygen atoms in total. The number of carbonyl (C=O) groups excluding carboxylic acids is 1. The molecule has 0 radical (unpaired) electrons. The lowest BCUT2D eigenvalue weighted by Crippen LogP contribution is -2.53. The van der Waals surface area contributed by atoms with E-state index in [1.807, 2.05) is 44.9 Å². The number of ether oxygens (including phenoxy) is 1. The largest absolute Gasteiger partial charge is 0.444 e. The first kappa shape index (κ1) is 25.3. The number of H-pyrrole nitrogens is 1. The second kappa shape index (κ2) is 9.32. The quantitative estimate of drug-likeness (QED) is 0.397. The van der Waals surface area contributed by atoms with Crippen molar-refractivity contribution in [2.24, 2.45) is 7.05 Å². The Hall–Kier alpha value is -4.02. The molecule has 0 spiro atoms. The zero-order valence-electron chi connectivity index (χ0n) is 22.8. The molecule has 1 aromatic carbocycles. The number of hydrogen-bond acceptors (Lipinski definition) is 7. The van der Waals surface area contributed by atoms with E-state index in [-0.39, 0.29) is 30.0 Å². The van der Waals surface area contributed by atoms with E-state index in [0.717, 1.165) is 31.5 Å². The molecule has 11 heteroatoms. The third-order valence-electron chi connectivity index (χ3n) is 7.83. The third kappa shape index (κ3) is 4.59. The summed E-state index contributed by atoms with van der Waals surface area (Å²) in [6.45, 7) is 5.70. The first-order valence-corrected chi connectivity index (χ1v) is 13.3. The SMILES string of the molecule is CN(c1ccc(-c2cc(F)c(-c3cnn(C)c3)c3cn[nH]c23)nn1)C1CC2CCC(C1)N2C(=O)OC(C)(C)C. The Labute approximate surface area is 226 Å². The highest BCUT2D eigenvalue weighted by atomic mass is 19.1. The maximum atomic E-state index is 15.4. The molecule has 2 atom stereocenters. The van der Waals surface area contributed by atoms with Crippen molar-refractivity contribution in [3.8, 4) is 22.4 Å². The predicted octanol–water partition coefficient (Wildman–Crippen LogP) is 4.93. The normalized spacial score (nSPS) is 21.0. The molecule has 2 aliphatic rings. The lowest BCUT2D eigenvalue weighted by atomic mass is 9.96. The van der Waals surface area contributed by atoms with Crippen LogP contribution in [0.1, 0.15) is 46.5 Å². The Morgan fingerprint density at radius 3 is 2.51 bits per heavy atom. The highest BCUT2D eigenvalue weighted by molar-refractivity contribution is 6.02. The number of fused-ring (bicyclic) bond motifs is 3. The predicted molar refractivity (Wildman–Crippen MR) is 146 cm³/mol. The number of halogens is 1. The van der Waals surface area contributed by atoms with Crippen LogP contribution in [0.15, 0.2) is 36.8 Å². The van der Waals surface area contributed by atoms with Crippen LogP contribution < -0.4 is 4.90 Å². The Morgan fingerprint density at radius 2 is 1.90 bits per heavy atom. The van der Waals surface area contributed by atoms with Crippen molar-refractivity contribution in [3.63, 3.8) is 0 Å². The smallest absolute Gasteiger partial charge is 0.410 e. The zero-order valence-corrected chi connectivity index (χ0v) is 22.8. The van der Waals surface area contributed by atoms with Crippen LogP contribution >= 0.6 is 0 Å². The van der Waals surface area contributed by atoms with Gasteiger partial charge in [0.25, 0.3) is 0 Å². The van der Waals surface area contributed by atoms with Gasteiger partial charge >= 0.3 is 6.09 Å². The first-order chi connectivity index (χ1) is 18.6. The van der Waals surface area contributed by atoms with Crippen molar-refractivity contribution in [3.05, 3.63) is 42.6 Å². The molecule has 1 N–H and O–H groups in total. The Kier molecular flexibility index (Phi) is 6.04. The Bertz CT molecular complexity index is 1510. The summed E-state index contributed by atoms with van der Waals surface area (Å²) >= 11 is 0. The highest BCUT2D eigenvalue weighted by Crippen LogP contribution is 2.40. The summed E-state index contributed by atoms with van der Waals surface area (Å²) in [6.07, 6.45) is 8.50. The number of aryl methyl sites for hydroxylation is 1. The number of hydrogen-bond donors (Lipinski definition) is 1. The van der Waals surface area contributed by atoms with E-state index >= 15 is 4.39 Å². The van der Waals surface area contributed by atoms with Crippen LogP contribution in [0.2, 0.25) is 0 Å². The van der Waals surface area contributed by atoms with E-state index in [9.17, 15) is 4.79 Å². The summed E-state index contributed by atoms with van der Waals surface area (Å²) in [7, 11) is 3.82. The van der Waals surface area contributed by atoms with E-state index in [1.54, 1.807) is 30.3 Å². The zero-order chi connectivity index (χ0) is 27.5. The highest BCUT2D eigenvalue weighted by Gasteiger charge is 2.46. The van der Waals surface area contributed by atoms with E-state index in [2.05, 4.69) is 30.4 Å². The van der Waals surface area contributed by atoms with E-state index in [4.69, 9.17) is 4.74 Å². The minimum Gasteiger partial charge on any atom is -0.444 e. The maximum Gasteiger partial charge on any atom is 0.410 e. The second-order valence-electron chi connectivity index (χ2n) is 11.6. The molecular formula is C28H33FN8O2. The van der Waals surface area contributed by atoms with Crippen molar-refractivity contribution in [1.29, 1.82) is 0 Å². The number of rotatable bonds is 4. The van der Waals surface area contributed by atoms with Crippen LogP contribution in [0, 0.1) is 5.82 Å². The van der Waals surface area contributed by atoms with Gasteiger partial charge in [0.1, 0.15) is 11.4 Å². The van der Waals surface area contributed by atoms with Gasteiger partial charge in [-0.1, -0.05) is 0 Å². The lowest BCUT2D eigenvalue weighted by Gasteiger charge is -2.42. The third-order valence-corrected chi connectivity index (χ3v) is 7.83. The number of nitrogens with zero attached hydrogens (tertiary/aromatic N) is 7. The van der Waals surface area contributed by atoms with Gasteiger partial charge in [-0.15, -0.1) is 10.2 Å².